The van der Waals surface area contributed by atoms with Crippen LogP contribution in [0.25, 0.3) is 21.8 Å². The minimum Gasteiger partial charge on any atom is -0.493 e. The Morgan fingerprint density at radius 2 is 1.97 bits per heavy atom. The van der Waals surface area contributed by atoms with Crippen LogP contribution in [0.1, 0.15) is 5.56 Å². The van der Waals surface area contributed by atoms with Crippen LogP contribution in [0.15, 0.2) is 67.1 Å². The number of pyridine rings is 1. The molecule has 0 radical (unpaired) electrons. The zero-order valence-corrected chi connectivity index (χ0v) is 15.0. The van der Waals surface area contributed by atoms with Gasteiger partial charge < -0.3 is 9.84 Å². The van der Waals surface area contributed by atoms with Gasteiger partial charge in [-0.3, -0.25) is 9.67 Å². The summed E-state index contributed by atoms with van der Waals surface area (Å²) in [6, 6.07) is 13.5. The molecule has 0 spiro atoms. The van der Waals surface area contributed by atoms with E-state index in [1.165, 1.54) is 18.3 Å². The summed E-state index contributed by atoms with van der Waals surface area (Å²) in [7, 11) is 0. The third-order valence-electron chi connectivity index (χ3n) is 4.50. The maximum absolute atomic E-state index is 13.4. The fourth-order valence-corrected chi connectivity index (χ4v) is 3.16. The zero-order chi connectivity index (χ0) is 19.8. The number of hydrogen-bond acceptors (Lipinski definition) is 6. The number of aromatic hydroxyl groups is 1. The predicted octanol–water partition coefficient (Wildman–Crippen LogP) is 4.06. The third kappa shape index (κ3) is 3.31. The highest BCUT2D eigenvalue weighted by Crippen LogP contribution is 2.28. The number of rotatable bonds is 4. The highest BCUT2D eigenvalue weighted by atomic mass is 19.1. The first-order chi connectivity index (χ1) is 14.2. The summed E-state index contributed by atoms with van der Waals surface area (Å²) in [5.41, 5.74) is 2.19. The molecular formula is C21H14FN5O2. The van der Waals surface area contributed by atoms with Gasteiger partial charge in [0.1, 0.15) is 11.6 Å². The lowest BCUT2D eigenvalue weighted by atomic mass is 10.2. The van der Waals surface area contributed by atoms with E-state index >= 15 is 0 Å². The molecule has 0 bridgehead atoms. The highest BCUT2D eigenvalue weighted by Gasteiger charge is 2.10. The lowest BCUT2D eigenvalue weighted by Crippen LogP contribution is -2.01. The van der Waals surface area contributed by atoms with E-state index in [1.807, 2.05) is 12.1 Å². The minimum atomic E-state index is -0.275. The van der Waals surface area contributed by atoms with Gasteiger partial charge in [-0.15, -0.1) is 0 Å². The van der Waals surface area contributed by atoms with Gasteiger partial charge in [0.05, 0.1) is 35.4 Å². The predicted molar refractivity (Wildman–Crippen MR) is 104 cm³/mol. The molecule has 0 saturated heterocycles. The van der Waals surface area contributed by atoms with E-state index in [4.69, 9.17) is 4.74 Å². The molecule has 0 aliphatic carbocycles. The molecule has 1 N–H and O–H groups in total. The van der Waals surface area contributed by atoms with Gasteiger partial charge in [0.15, 0.2) is 0 Å². The van der Waals surface area contributed by atoms with E-state index in [0.29, 0.717) is 23.2 Å². The van der Waals surface area contributed by atoms with Gasteiger partial charge >= 0.3 is 6.01 Å². The number of hydrogen-bond donors (Lipinski definition) is 1. The molecule has 2 aromatic carbocycles. The molecule has 29 heavy (non-hydrogen) atoms. The Hall–Kier alpha value is -4.07. The van der Waals surface area contributed by atoms with Gasteiger partial charge in [0.2, 0.25) is 5.88 Å². The summed E-state index contributed by atoms with van der Waals surface area (Å²) in [6.07, 6.45) is 4.80. The second-order valence-electron chi connectivity index (χ2n) is 6.48. The second-order valence-corrected chi connectivity index (χ2v) is 6.48. The molecule has 0 aliphatic heterocycles. The van der Waals surface area contributed by atoms with Gasteiger partial charge in [0, 0.05) is 11.6 Å². The van der Waals surface area contributed by atoms with E-state index in [1.54, 1.807) is 41.3 Å². The minimum absolute atomic E-state index is 0.0227. The van der Waals surface area contributed by atoms with Crippen LogP contribution >= 0.6 is 0 Å². The first-order valence-corrected chi connectivity index (χ1v) is 8.84. The molecule has 8 heteroatoms. The van der Waals surface area contributed by atoms with Crippen molar-refractivity contribution in [2.45, 2.75) is 6.54 Å². The first-order valence-electron chi connectivity index (χ1n) is 8.84. The third-order valence-corrected chi connectivity index (χ3v) is 4.50. The smallest absolute Gasteiger partial charge is 0.325 e. The fourth-order valence-electron chi connectivity index (χ4n) is 3.16. The number of nitrogens with zero attached hydrogens (tertiary/aromatic N) is 5. The summed E-state index contributed by atoms with van der Waals surface area (Å²) in [4.78, 5) is 12.2. The molecular weight excluding hydrogens is 373 g/mol. The van der Waals surface area contributed by atoms with Crippen molar-refractivity contribution in [2.24, 2.45) is 0 Å². The van der Waals surface area contributed by atoms with E-state index in [9.17, 15) is 9.50 Å². The van der Waals surface area contributed by atoms with E-state index in [2.05, 4.69) is 20.1 Å². The van der Waals surface area contributed by atoms with E-state index in [-0.39, 0.29) is 17.7 Å². The van der Waals surface area contributed by atoms with Crippen molar-refractivity contribution >= 4 is 21.8 Å². The SMILES string of the molecule is Oc1nc(Oc2ccc3c(cnn3Cc3cccc(F)c3)c2)nc2cnccc12. The summed E-state index contributed by atoms with van der Waals surface area (Å²) in [6.45, 7) is 0.454. The van der Waals surface area contributed by atoms with Crippen LogP contribution in [0, 0.1) is 5.82 Å². The average molecular weight is 387 g/mol. The van der Waals surface area contributed by atoms with Gasteiger partial charge in [-0.25, -0.2) is 4.39 Å². The quantitative estimate of drug-likeness (QED) is 0.501. The van der Waals surface area contributed by atoms with Crippen molar-refractivity contribution < 1.29 is 14.2 Å². The van der Waals surface area contributed by atoms with Crippen molar-refractivity contribution in [3.05, 3.63) is 78.5 Å². The largest absolute Gasteiger partial charge is 0.493 e. The van der Waals surface area contributed by atoms with Crippen molar-refractivity contribution in [1.29, 1.82) is 0 Å². The van der Waals surface area contributed by atoms with Crippen LogP contribution in [-0.4, -0.2) is 29.8 Å². The second kappa shape index (κ2) is 6.83. The number of aromatic nitrogens is 5. The van der Waals surface area contributed by atoms with Crippen LogP contribution in [0.4, 0.5) is 4.39 Å². The fraction of sp³-hybridized carbons (Fsp3) is 0.0476. The molecule has 0 atom stereocenters. The topological polar surface area (TPSA) is 86.0 Å². The van der Waals surface area contributed by atoms with Gasteiger partial charge in [-0.05, 0) is 42.0 Å². The number of halogens is 1. The Bertz CT molecular complexity index is 1350. The Kier molecular flexibility index (Phi) is 4.02. The molecule has 0 saturated carbocycles. The molecule has 5 rings (SSSR count). The van der Waals surface area contributed by atoms with Crippen LogP contribution in [0.5, 0.6) is 17.6 Å². The maximum atomic E-state index is 13.4. The maximum Gasteiger partial charge on any atom is 0.325 e. The van der Waals surface area contributed by atoms with Crippen LogP contribution in [0.3, 0.4) is 0 Å². The van der Waals surface area contributed by atoms with Gasteiger partial charge in [-0.2, -0.15) is 15.1 Å². The molecule has 0 fully saturated rings. The zero-order valence-electron chi connectivity index (χ0n) is 15.0. The molecule has 3 heterocycles. The van der Waals surface area contributed by atoms with Crippen LogP contribution in [0.2, 0.25) is 0 Å². The average Bonchev–Trinajstić information content (AvgIpc) is 3.10. The van der Waals surface area contributed by atoms with Crippen molar-refractivity contribution in [2.75, 3.05) is 0 Å². The molecule has 0 amide bonds. The van der Waals surface area contributed by atoms with Gasteiger partial charge in [0.25, 0.3) is 0 Å². The summed E-state index contributed by atoms with van der Waals surface area (Å²) >= 11 is 0. The number of ether oxygens (including phenoxy) is 1. The molecule has 5 aromatic rings. The summed E-state index contributed by atoms with van der Waals surface area (Å²) < 4.78 is 20.9. The Morgan fingerprint density at radius 3 is 2.86 bits per heavy atom. The van der Waals surface area contributed by atoms with Crippen LogP contribution in [-0.2, 0) is 6.54 Å². The van der Waals surface area contributed by atoms with Crippen molar-refractivity contribution in [1.82, 2.24) is 24.7 Å². The van der Waals surface area contributed by atoms with Crippen LogP contribution < -0.4 is 4.74 Å². The molecule has 0 aliphatic rings. The number of benzene rings is 2. The standard InChI is InChI=1S/C21H14FN5O2/c22-15-3-1-2-13(8-15)12-27-19-5-4-16(9-14(19)10-24-27)29-21-25-18-11-23-7-6-17(18)20(28)26-21/h1-11H,12H2,(H,25,26,28). The van der Waals surface area contributed by atoms with E-state index < -0.39 is 0 Å². The normalized spacial score (nSPS) is 11.2. The lowest BCUT2D eigenvalue weighted by molar-refractivity contribution is 0.412. The molecule has 3 aromatic heterocycles. The molecule has 0 unspecified atom stereocenters. The van der Waals surface area contributed by atoms with Crippen molar-refractivity contribution in [3.63, 3.8) is 0 Å². The molecule has 7 nitrogen and oxygen atoms in total. The lowest BCUT2D eigenvalue weighted by Gasteiger charge is -2.07. The number of fused-ring (bicyclic) bond motifs is 2. The van der Waals surface area contributed by atoms with Crippen molar-refractivity contribution in [3.8, 4) is 17.6 Å². The highest BCUT2D eigenvalue weighted by molar-refractivity contribution is 5.82. The Morgan fingerprint density at radius 1 is 1.03 bits per heavy atom. The Balaban J connectivity index is 1.44. The van der Waals surface area contributed by atoms with Gasteiger partial charge in [-0.1, -0.05) is 12.1 Å². The molecule has 142 valence electrons. The summed E-state index contributed by atoms with van der Waals surface area (Å²) in [5.74, 6) is 0.0605. The first kappa shape index (κ1) is 17.1. The monoisotopic (exact) mass is 387 g/mol. The Labute approximate surface area is 164 Å². The summed E-state index contributed by atoms with van der Waals surface area (Å²) in [5, 5.41) is 15.8. The van der Waals surface area contributed by atoms with E-state index in [0.717, 1.165) is 16.5 Å².